The topological polar surface area (TPSA) is 88.3 Å². The molecule has 0 radical (unpaired) electrons. The third-order valence-corrected chi connectivity index (χ3v) is 2.62. The minimum Gasteiger partial charge on any atom is -0.391 e. The lowest BCUT2D eigenvalue weighted by atomic mass is 10.2. The average Bonchev–Trinajstić information content (AvgIpc) is 3.10. The van der Waals surface area contributed by atoms with Gasteiger partial charge in [-0.05, 0) is 24.8 Å². The summed E-state index contributed by atoms with van der Waals surface area (Å²) < 4.78 is 0. The molecule has 16 heavy (non-hydrogen) atoms. The molecule has 1 atom stereocenters. The zero-order valence-electron chi connectivity index (χ0n) is 8.67. The number of pyridine rings is 1. The van der Waals surface area contributed by atoms with Crippen LogP contribution < -0.4 is 5.32 Å². The molecule has 1 fully saturated rings. The Morgan fingerprint density at radius 1 is 1.62 bits per heavy atom. The van der Waals surface area contributed by atoms with Crippen molar-refractivity contribution in [3.63, 3.8) is 0 Å². The van der Waals surface area contributed by atoms with Crippen molar-refractivity contribution in [3.8, 4) is 0 Å². The van der Waals surface area contributed by atoms with Crippen LogP contribution in [0.5, 0.6) is 0 Å². The molecule has 0 spiro atoms. The SMILES string of the molecule is O=[N+]([O-])c1ccc(NCC(O)C2CC2)nc1. The van der Waals surface area contributed by atoms with E-state index in [-0.39, 0.29) is 11.8 Å². The molecule has 6 nitrogen and oxygen atoms in total. The number of aromatic nitrogens is 1. The maximum atomic E-state index is 10.4. The van der Waals surface area contributed by atoms with Crippen LogP contribution in [0.1, 0.15) is 12.8 Å². The monoisotopic (exact) mass is 223 g/mol. The van der Waals surface area contributed by atoms with Crippen molar-refractivity contribution in [2.24, 2.45) is 5.92 Å². The van der Waals surface area contributed by atoms with Gasteiger partial charge in [0, 0.05) is 12.6 Å². The lowest BCUT2D eigenvalue weighted by Gasteiger charge is -2.10. The minimum absolute atomic E-state index is 0.0340. The lowest BCUT2D eigenvalue weighted by molar-refractivity contribution is -0.385. The van der Waals surface area contributed by atoms with Crippen LogP contribution in [-0.2, 0) is 0 Å². The van der Waals surface area contributed by atoms with Crippen LogP contribution in [0.3, 0.4) is 0 Å². The summed E-state index contributed by atoms with van der Waals surface area (Å²) in [7, 11) is 0. The maximum Gasteiger partial charge on any atom is 0.287 e. The highest BCUT2D eigenvalue weighted by Crippen LogP contribution is 2.32. The van der Waals surface area contributed by atoms with Gasteiger partial charge in [-0.2, -0.15) is 0 Å². The molecule has 86 valence electrons. The molecule has 1 aliphatic rings. The molecule has 1 aromatic rings. The van der Waals surface area contributed by atoms with E-state index in [1.54, 1.807) is 0 Å². The molecule has 2 rings (SSSR count). The van der Waals surface area contributed by atoms with Crippen molar-refractivity contribution in [2.75, 3.05) is 11.9 Å². The first-order valence-corrected chi connectivity index (χ1v) is 5.19. The van der Waals surface area contributed by atoms with Crippen LogP contribution in [0, 0.1) is 16.0 Å². The highest BCUT2D eigenvalue weighted by atomic mass is 16.6. The van der Waals surface area contributed by atoms with E-state index >= 15 is 0 Å². The second-order valence-corrected chi connectivity index (χ2v) is 3.94. The smallest absolute Gasteiger partial charge is 0.287 e. The number of aliphatic hydroxyl groups excluding tert-OH is 1. The molecule has 0 bridgehead atoms. The fourth-order valence-corrected chi connectivity index (χ4v) is 1.46. The van der Waals surface area contributed by atoms with Crippen LogP contribution in [0.15, 0.2) is 18.3 Å². The van der Waals surface area contributed by atoms with Gasteiger partial charge in [0.2, 0.25) is 0 Å². The van der Waals surface area contributed by atoms with E-state index in [4.69, 9.17) is 0 Å². The first-order chi connectivity index (χ1) is 7.66. The Morgan fingerprint density at radius 3 is 2.88 bits per heavy atom. The molecule has 1 heterocycles. The van der Waals surface area contributed by atoms with Crippen LogP contribution in [0.4, 0.5) is 11.5 Å². The van der Waals surface area contributed by atoms with Crippen LogP contribution in [-0.4, -0.2) is 27.7 Å². The van der Waals surface area contributed by atoms with Gasteiger partial charge in [0.05, 0.1) is 11.0 Å². The number of hydrogen-bond donors (Lipinski definition) is 2. The molecule has 0 aromatic carbocycles. The Balaban J connectivity index is 1.86. The molecule has 0 saturated heterocycles. The Kier molecular flexibility index (Phi) is 3.00. The number of hydrogen-bond acceptors (Lipinski definition) is 5. The summed E-state index contributed by atoms with van der Waals surface area (Å²) in [5.74, 6) is 0.954. The number of nitro groups is 1. The normalized spacial score (nSPS) is 16.8. The number of rotatable bonds is 5. The Hall–Kier alpha value is -1.69. The quantitative estimate of drug-likeness (QED) is 0.578. The highest BCUT2D eigenvalue weighted by Gasteiger charge is 2.29. The Labute approximate surface area is 92.5 Å². The van der Waals surface area contributed by atoms with E-state index in [9.17, 15) is 15.2 Å². The zero-order chi connectivity index (χ0) is 11.5. The molecule has 2 N–H and O–H groups in total. The average molecular weight is 223 g/mol. The minimum atomic E-state index is -0.490. The third kappa shape index (κ3) is 2.66. The molecule has 0 aliphatic heterocycles. The van der Waals surface area contributed by atoms with Crippen molar-refractivity contribution in [1.29, 1.82) is 0 Å². The van der Waals surface area contributed by atoms with Crippen molar-refractivity contribution < 1.29 is 10.0 Å². The second kappa shape index (κ2) is 4.44. The van der Waals surface area contributed by atoms with Gasteiger partial charge in [-0.3, -0.25) is 10.1 Å². The number of anilines is 1. The van der Waals surface area contributed by atoms with Gasteiger partial charge >= 0.3 is 0 Å². The molecule has 1 saturated carbocycles. The first-order valence-electron chi connectivity index (χ1n) is 5.19. The molecule has 0 amide bonds. The Morgan fingerprint density at radius 2 is 2.38 bits per heavy atom. The van der Waals surface area contributed by atoms with Gasteiger partial charge in [-0.15, -0.1) is 0 Å². The van der Waals surface area contributed by atoms with E-state index < -0.39 is 4.92 Å². The standard InChI is InChI=1S/C10H13N3O3/c14-9(7-1-2-7)6-12-10-4-3-8(5-11-10)13(15)16/h3-5,7,9,14H,1-2,6H2,(H,11,12). The summed E-state index contributed by atoms with van der Waals surface area (Å²) in [6, 6.07) is 2.93. The van der Waals surface area contributed by atoms with Crippen molar-refractivity contribution in [2.45, 2.75) is 18.9 Å². The highest BCUT2D eigenvalue weighted by molar-refractivity contribution is 5.40. The third-order valence-electron chi connectivity index (χ3n) is 2.62. The maximum absolute atomic E-state index is 10.4. The summed E-state index contributed by atoms with van der Waals surface area (Å²) in [4.78, 5) is 13.8. The number of nitrogens with one attached hydrogen (secondary N) is 1. The fourth-order valence-electron chi connectivity index (χ4n) is 1.46. The predicted octanol–water partition coefficient (Wildman–Crippen LogP) is 1.17. The van der Waals surface area contributed by atoms with Gasteiger partial charge in [-0.1, -0.05) is 0 Å². The van der Waals surface area contributed by atoms with E-state index in [0.717, 1.165) is 12.8 Å². The van der Waals surface area contributed by atoms with Crippen molar-refractivity contribution in [3.05, 3.63) is 28.4 Å². The zero-order valence-corrected chi connectivity index (χ0v) is 8.67. The molecule has 1 aliphatic carbocycles. The summed E-state index contributed by atoms with van der Waals surface area (Å²) in [6.45, 7) is 0.440. The van der Waals surface area contributed by atoms with Crippen LogP contribution in [0.2, 0.25) is 0 Å². The van der Waals surface area contributed by atoms with E-state index in [0.29, 0.717) is 18.3 Å². The second-order valence-electron chi connectivity index (χ2n) is 3.94. The summed E-state index contributed by atoms with van der Waals surface area (Å²) in [5, 5.41) is 22.9. The molecule has 1 aromatic heterocycles. The van der Waals surface area contributed by atoms with E-state index in [1.165, 1.54) is 18.3 Å². The van der Waals surface area contributed by atoms with Gasteiger partial charge in [0.15, 0.2) is 0 Å². The van der Waals surface area contributed by atoms with E-state index in [2.05, 4.69) is 10.3 Å². The van der Waals surface area contributed by atoms with Crippen molar-refractivity contribution >= 4 is 11.5 Å². The fraction of sp³-hybridized carbons (Fsp3) is 0.500. The van der Waals surface area contributed by atoms with Crippen LogP contribution >= 0.6 is 0 Å². The van der Waals surface area contributed by atoms with E-state index in [1.807, 2.05) is 0 Å². The Bertz CT molecular complexity index is 375. The summed E-state index contributed by atoms with van der Waals surface area (Å²) in [6.07, 6.45) is 3.01. The van der Waals surface area contributed by atoms with Crippen LogP contribution in [0.25, 0.3) is 0 Å². The molecule has 1 unspecified atom stereocenters. The van der Waals surface area contributed by atoms with Gasteiger partial charge in [-0.25, -0.2) is 4.98 Å². The molecular weight excluding hydrogens is 210 g/mol. The first kappa shape index (κ1) is 10.8. The summed E-state index contributed by atoms with van der Waals surface area (Å²) in [5.41, 5.74) is -0.0340. The van der Waals surface area contributed by atoms with Gasteiger partial charge < -0.3 is 10.4 Å². The number of aliphatic hydroxyl groups is 1. The summed E-state index contributed by atoms with van der Waals surface area (Å²) >= 11 is 0. The molecular formula is C10H13N3O3. The lowest BCUT2D eigenvalue weighted by Crippen LogP contribution is -2.21. The van der Waals surface area contributed by atoms with Gasteiger partial charge in [0.25, 0.3) is 5.69 Å². The predicted molar refractivity (Wildman–Crippen MR) is 58.1 cm³/mol. The largest absolute Gasteiger partial charge is 0.391 e. The van der Waals surface area contributed by atoms with Gasteiger partial charge in [0.1, 0.15) is 12.0 Å². The van der Waals surface area contributed by atoms with Crippen molar-refractivity contribution in [1.82, 2.24) is 4.98 Å². The molecule has 6 heteroatoms. The number of nitrogens with zero attached hydrogens (tertiary/aromatic N) is 2.